The summed E-state index contributed by atoms with van der Waals surface area (Å²) in [6.07, 6.45) is 4.89. The van der Waals surface area contributed by atoms with Crippen LogP contribution in [0.1, 0.15) is 72.6 Å². The minimum absolute atomic E-state index is 0.0685. The van der Waals surface area contributed by atoms with Gasteiger partial charge in [-0.15, -0.1) is 0 Å². The Kier molecular flexibility index (Phi) is 4.66. The number of epoxide rings is 1. The molecule has 6 heteroatoms. The highest BCUT2D eigenvalue weighted by molar-refractivity contribution is 5.89. The first kappa shape index (κ1) is 19.9. The van der Waals surface area contributed by atoms with Gasteiger partial charge in [0.25, 0.3) is 0 Å². The molecule has 0 saturated carbocycles. The number of fused-ring (bicyclic) bond motifs is 7. The molecule has 6 nitrogen and oxygen atoms in total. The van der Waals surface area contributed by atoms with Crippen molar-refractivity contribution in [3.8, 4) is 0 Å². The summed E-state index contributed by atoms with van der Waals surface area (Å²) in [4.78, 5) is 24.5. The van der Waals surface area contributed by atoms with Gasteiger partial charge < -0.3 is 18.9 Å². The first-order valence-electron chi connectivity index (χ1n) is 10.5. The summed E-state index contributed by atoms with van der Waals surface area (Å²) >= 11 is 0. The second kappa shape index (κ2) is 6.56. The van der Waals surface area contributed by atoms with Crippen LogP contribution in [0.5, 0.6) is 0 Å². The summed E-state index contributed by atoms with van der Waals surface area (Å²) < 4.78 is 24.2. The third-order valence-electron chi connectivity index (χ3n) is 7.49. The molecule has 7 atom stereocenters. The quantitative estimate of drug-likeness (QED) is 0.386. The molecule has 4 aliphatic heterocycles. The van der Waals surface area contributed by atoms with Crippen molar-refractivity contribution < 1.29 is 28.5 Å². The molecule has 0 spiro atoms. The van der Waals surface area contributed by atoms with Crippen LogP contribution >= 0.6 is 0 Å². The van der Waals surface area contributed by atoms with Crippen LogP contribution < -0.4 is 0 Å². The number of rotatable bonds is 1. The van der Waals surface area contributed by atoms with Gasteiger partial charge in [0.2, 0.25) is 0 Å². The lowest BCUT2D eigenvalue weighted by molar-refractivity contribution is -0.195. The fourth-order valence-electron chi connectivity index (χ4n) is 5.32. The molecule has 4 fully saturated rings. The molecule has 4 saturated heterocycles. The maximum atomic E-state index is 12.7. The fourth-order valence-corrected chi connectivity index (χ4v) is 5.32. The summed E-state index contributed by atoms with van der Waals surface area (Å²) in [7, 11) is 0. The van der Waals surface area contributed by atoms with Crippen LogP contribution in [0, 0.1) is 5.92 Å². The lowest BCUT2D eigenvalue weighted by atomic mass is 9.82. The Hall–Kier alpha value is -1.40. The monoisotopic (exact) mass is 392 g/mol. The highest BCUT2D eigenvalue weighted by atomic mass is 16.6. The maximum absolute atomic E-state index is 12.7. The lowest BCUT2D eigenvalue weighted by Gasteiger charge is -2.38. The van der Waals surface area contributed by atoms with E-state index in [1.807, 2.05) is 13.8 Å². The molecule has 0 amide bonds. The van der Waals surface area contributed by atoms with E-state index in [-0.39, 0.29) is 41.8 Å². The zero-order chi connectivity index (χ0) is 20.3. The SMILES string of the molecule is C=C1C(=O)O[C@]2(C)CC[C@@H]1C[C@H]1O[C@@]1(C)CC[C@H](OC(C)=O)[C@]1(C)CC[C@H]2O1. The minimum Gasteiger partial charge on any atom is -0.459 e. The highest BCUT2D eigenvalue weighted by Gasteiger charge is 2.57. The first-order chi connectivity index (χ1) is 13.0. The van der Waals surface area contributed by atoms with Crippen LogP contribution in [0.3, 0.4) is 0 Å². The van der Waals surface area contributed by atoms with Crippen molar-refractivity contribution in [2.24, 2.45) is 5.92 Å². The number of hydrogen-bond acceptors (Lipinski definition) is 6. The van der Waals surface area contributed by atoms with Crippen molar-refractivity contribution in [2.75, 3.05) is 0 Å². The van der Waals surface area contributed by atoms with E-state index in [9.17, 15) is 9.59 Å². The second-order valence-electron chi connectivity index (χ2n) is 9.71. The lowest BCUT2D eigenvalue weighted by Crippen LogP contribution is -2.48. The van der Waals surface area contributed by atoms with E-state index in [1.165, 1.54) is 6.92 Å². The Balaban J connectivity index is 1.67. The summed E-state index contributed by atoms with van der Waals surface area (Å²) in [6.45, 7) is 11.6. The average Bonchev–Trinajstić information content (AvgIpc) is 3.09. The van der Waals surface area contributed by atoms with Crippen molar-refractivity contribution in [3.05, 3.63) is 12.2 Å². The van der Waals surface area contributed by atoms with Gasteiger partial charge in [-0.1, -0.05) is 6.58 Å². The van der Waals surface area contributed by atoms with Gasteiger partial charge >= 0.3 is 11.9 Å². The number of ether oxygens (including phenoxy) is 4. The maximum Gasteiger partial charge on any atom is 0.334 e. The third-order valence-corrected chi connectivity index (χ3v) is 7.49. The molecule has 4 rings (SSSR count). The first-order valence-corrected chi connectivity index (χ1v) is 10.5. The van der Waals surface area contributed by atoms with Crippen LogP contribution in [0.4, 0.5) is 0 Å². The molecule has 156 valence electrons. The van der Waals surface area contributed by atoms with Gasteiger partial charge in [0.1, 0.15) is 17.3 Å². The van der Waals surface area contributed by atoms with Gasteiger partial charge in [0.15, 0.2) is 0 Å². The molecule has 0 N–H and O–H groups in total. The van der Waals surface area contributed by atoms with Gasteiger partial charge in [0, 0.05) is 12.5 Å². The van der Waals surface area contributed by atoms with E-state index in [1.54, 1.807) is 0 Å². The van der Waals surface area contributed by atoms with Gasteiger partial charge in [-0.2, -0.15) is 0 Å². The predicted molar refractivity (Wildman–Crippen MR) is 102 cm³/mol. The normalized spacial score (nSPS) is 48.4. The number of hydrogen-bond donors (Lipinski definition) is 0. The standard InChI is InChI=1S/C22H32O6/c1-13-15-6-9-21(4,28-19(13)24)17-8-11-20(3,26-17)16(25-14(2)23)7-10-22(5)18(12-15)27-22/h15-18H,1,6-12H2,2-5H3/t15-,16+,17-,18-,20+,21-,22+/m1/s1. The van der Waals surface area contributed by atoms with Crippen molar-refractivity contribution in [1.82, 2.24) is 0 Å². The molecule has 0 aromatic heterocycles. The van der Waals surface area contributed by atoms with Crippen LogP contribution in [-0.4, -0.2) is 47.1 Å². The summed E-state index contributed by atoms with van der Waals surface area (Å²) in [6, 6.07) is 0. The Labute approximate surface area is 166 Å². The Morgan fingerprint density at radius 2 is 1.64 bits per heavy atom. The molecule has 0 aliphatic carbocycles. The van der Waals surface area contributed by atoms with E-state index < -0.39 is 11.2 Å². The molecule has 0 aromatic carbocycles. The zero-order valence-corrected chi connectivity index (χ0v) is 17.4. The molecule has 0 radical (unpaired) electrons. The van der Waals surface area contributed by atoms with E-state index >= 15 is 0 Å². The molecule has 4 heterocycles. The topological polar surface area (TPSA) is 74.4 Å². The van der Waals surface area contributed by atoms with Gasteiger partial charge in [-0.25, -0.2) is 4.79 Å². The Morgan fingerprint density at radius 1 is 1.00 bits per heavy atom. The van der Waals surface area contributed by atoms with Gasteiger partial charge in [-0.05, 0) is 71.6 Å². The summed E-state index contributed by atoms with van der Waals surface area (Å²) in [5.74, 6) is -0.551. The van der Waals surface area contributed by atoms with Crippen LogP contribution in [-0.2, 0) is 28.5 Å². The minimum atomic E-state index is -0.699. The largest absolute Gasteiger partial charge is 0.459 e. The molecular weight excluding hydrogens is 360 g/mol. The second-order valence-corrected chi connectivity index (χ2v) is 9.71. The summed E-state index contributed by atoms with van der Waals surface area (Å²) in [5, 5.41) is 0. The fraction of sp³-hybridized carbons (Fsp3) is 0.818. The molecule has 0 unspecified atom stereocenters. The van der Waals surface area contributed by atoms with E-state index in [2.05, 4.69) is 13.5 Å². The summed E-state index contributed by atoms with van der Waals surface area (Å²) in [5.41, 5.74) is -0.990. The number of carbonyl (C=O) groups is 2. The van der Waals surface area contributed by atoms with Crippen molar-refractivity contribution >= 4 is 11.9 Å². The van der Waals surface area contributed by atoms with E-state index in [0.29, 0.717) is 12.0 Å². The van der Waals surface area contributed by atoms with Crippen molar-refractivity contribution in [2.45, 2.75) is 108 Å². The predicted octanol–water partition coefficient (Wildman–Crippen LogP) is 3.47. The molecular formula is C22H32O6. The number of carbonyl (C=O) groups excluding carboxylic acids is 2. The number of esters is 2. The zero-order valence-electron chi connectivity index (χ0n) is 17.4. The molecule has 0 aromatic rings. The smallest absolute Gasteiger partial charge is 0.334 e. The molecule has 4 aliphatic rings. The van der Waals surface area contributed by atoms with Crippen molar-refractivity contribution in [1.29, 1.82) is 0 Å². The highest BCUT2D eigenvalue weighted by Crippen LogP contribution is 2.50. The van der Waals surface area contributed by atoms with Crippen LogP contribution in [0.25, 0.3) is 0 Å². The average molecular weight is 392 g/mol. The Bertz CT molecular complexity index is 703. The van der Waals surface area contributed by atoms with E-state index in [0.717, 1.165) is 38.5 Å². The van der Waals surface area contributed by atoms with E-state index in [4.69, 9.17) is 18.9 Å². The third kappa shape index (κ3) is 3.39. The van der Waals surface area contributed by atoms with Gasteiger partial charge in [-0.3, -0.25) is 4.79 Å². The molecule has 28 heavy (non-hydrogen) atoms. The van der Waals surface area contributed by atoms with Gasteiger partial charge in [0.05, 0.1) is 17.8 Å². The Morgan fingerprint density at radius 3 is 2.36 bits per heavy atom. The molecule has 4 bridgehead atoms. The van der Waals surface area contributed by atoms with Crippen LogP contribution in [0.2, 0.25) is 0 Å². The van der Waals surface area contributed by atoms with Crippen LogP contribution in [0.15, 0.2) is 12.2 Å². The van der Waals surface area contributed by atoms with Crippen molar-refractivity contribution in [3.63, 3.8) is 0 Å².